The molecule has 2 rings (SSSR count). The molecule has 2 nitrogen and oxygen atoms in total. The molecule has 1 aromatic heterocycles. The molecule has 1 unspecified atom stereocenters. The minimum Gasteiger partial charge on any atom is -0.304 e. The van der Waals surface area contributed by atoms with E-state index in [2.05, 4.69) is 17.2 Å². The van der Waals surface area contributed by atoms with Gasteiger partial charge in [0.1, 0.15) is 16.6 Å². The first-order valence-corrected chi connectivity index (χ1v) is 7.45. The van der Waals surface area contributed by atoms with Crippen molar-refractivity contribution < 1.29 is 8.78 Å². The summed E-state index contributed by atoms with van der Waals surface area (Å²) >= 11 is 1.64. The SMILES string of the molecule is CCc1cnc(CNC(C)c2cc(F)c(C)cc2F)s1. The second-order valence-corrected chi connectivity index (χ2v) is 6.00. The number of rotatable bonds is 5. The molecule has 0 radical (unpaired) electrons. The van der Waals surface area contributed by atoms with Crippen LogP contribution < -0.4 is 5.32 Å². The van der Waals surface area contributed by atoms with Crippen molar-refractivity contribution in [2.24, 2.45) is 0 Å². The van der Waals surface area contributed by atoms with Crippen molar-refractivity contribution in [2.45, 2.75) is 39.8 Å². The molecule has 108 valence electrons. The molecule has 0 aliphatic heterocycles. The Bertz CT molecular complexity index is 596. The van der Waals surface area contributed by atoms with Gasteiger partial charge in [0.25, 0.3) is 0 Å². The average Bonchev–Trinajstić information content (AvgIpc) is 2.88. The summed E-state index contributed by atoms with van der Waals surface area (Å²) in [4.78, 5) is 5.52. The number of hydrogen-bond acceptors (Lipinski definition) is 3. The second-order valence-electron chi connectivity index (χ2n) is 4.80. The third-order valence-corrected chi connectivity index (χ3v) is 4.40. The highest BCUT2D eigenvalue weighted by Gasteiger charge is 2.14. The average molecular weight is 296 g/mol. The summed E-state index contributed by atoms with van der Waals surface area (Å²) in [5, 5.41) is 4.14. The summed E-state index contributed by atoms with van der Waals surface area (Å²) in [7, 11) is 0. The minimum absolute atomic E-state index is 0.265. The van der Waals surface area contributed by atoms with E-state index in [9.17, 15) is 8.78 Å². The molecular weight excluding hydrogens is 278 g/mol. The number of hydrogen-bond donors (Lipinski definition) is 1. The fraction of sp³-hybridized carbons (Fsp3) is 0.400. The molecule has 1 atom stereocenters. The molecule has 0 saturated carbocycles. The number of benzene rings is 1. The van der Waals surface area contributed by atoms with Gasteiger partial charge in [-0.1, -0.05) is 6.92 Å². The summed E-state index contributed by atoms with van der Waals surface area (Å²) in [6, 6.07) is 2.24. The van der Waals surface area contributed by atoms with Crippen LogP contribution in [0.5, 0.6) is 0 Å². The monoisotopic (exact) mass is 296 g/mol. The van der Waals surface area contributed by atoms with Gasteiger partial charge < -0.3 is 5.32 Å². The number of aryl methyl sites for hydroxylation is 2. The zero-order valence-corrected chi connectivity index (χ0v) is 12.7. The van der Waals surface area contributed by atoms with Gasteiger partial charge in [0.15, 0.2) is 0 Å². The Hall–Kier alpha value is -1.33. The van der Waals surface area contributed by atoms with Crippen molar-refractivity contribution in [1.82, 2.24) is 10.3 Å². The molecule has 0 saturated heterocycles. The number of aromatic nitrogens is 1. The van der Waals surface area contributed by atoms with Gasteiger partial charge in [0.2, 0.25) is 0 Å². The topological polar surface area (TPSA) is 24.9 Å². The van der Waals surface area contributed by atoms with Crippen LogP contribution in [0.3, 0.4) is 0 Å². The van der Waals surface area contributed by atoms with Crippen molar-refractivity contribution in [3.05, 3.63) is 51.0 Å². The highest BCUT2D eigenvalue weighted by molar-refractivity contribution is 7.11. The number of thiazole rings is 1. The lowest BCUT2D eigenvalue weighted by Gasteiger charge is -2.15. The van der Waals surface area contributed by atoms with E-state index in [-0.39, 0.29) is 17.7 Å². The summed E-state index contributed by atoms with van der Waals surface area (Å²) in [6.07, 6.45) is 2.82. The first-order valence-electron chi connectivity index (χ1n) is 6.63. The fourth-order valence-electron chi connectivity index (χ4n) is 1.94. The van der Waals surface area contributed by atoms with E-state index >= 15 is 0 Å². The van der Waals surface area contributed by atoms with Crippen LogP contribution in [0, 0.1) is 18.6 Å². The van der Waals surface area contributed by atoms with Gasteiger partial charge in [0, 0.05) is 29.2 Å². The third-order valence-electron chi connectivity index (χ3n) is 3.25. The van der Waals surface area contributed by atoms with Crippen LogP contribution in [0.2, 0.25) is 0 Å². The highest BCUT2D eigenvalue weighted by atomic mass is 32.1. The first kappa shape index (κ1) is 15.1. The molecule has 0 fully saturated rings. The number of nitrogens with zero attached hydrogens (tertiary/aromatic N) is 1. The van der Waals surface area contributed by atoms with Gasteiger partial charge in [0.05, 0.1) is 0 Å². The Labute approximate surface area is 121 Å². The normalized spacial score (nSPS) is 12.7. The van der Waals surface area contributed by atoms with Crippen LogP contribution in [0.4, 0.5) is 8.78 Å². The predicted molar refractivity (Wildman–Crippen MR) is 77.8 cm³/mol. The Morgan fingerprint density at radius 2 is 2.05 bits per heavy atom. The molecule has 20 heavy (non-hydrogen) atoms. The van der Waals surface area contributed by atoms with E-state index in [1.54, 1.807) is 18.3 Å². The molecule has 0 aliphatic carbocycles. The number of halogens is 2. The van der Waals surface area contributed by atoms with Crippen molar-refractivity contribution in [2.75, 3.05) is 0 Å². The maximum atomic E-state index is 13.8. The Balaban J connectivity index is 2.04. The Kier molecular flexibility index (Phi) is 4.83. The molecule has 0 aliphatic rings. The van der Waals surface area contributed by atoms with E-state index in [0.29, 0.717) is 17.7 Å². The molecule has 1 N–H and O–H groups in total. The van der Waals surface area contributed by atoms with Crippen molar-refractivity contribution in [3.63, 3.8) is 0 Å². The lowest BCUT2D eigenvalue weighted by atomic mass is 10.1. The van der Waals surface area contributed by atoms with E-state index in [1.165, 1.54) is 17.0 Å². The lowest BCUT2D eigenvalue weighted by Crippen LogP contribution is -2.19. The van der Waals surface area contributed by atoms with Gasteiger partial charge in [-0.25, -0.2) is 13.8 Å². The van der Waals surface area contributed by atoms with Crippen LogP contribution >= 0.6 is 11.3 Å². The molecule has 1 aromatic carbocycles. The maximum absolute atomic E-state index is 13.8. The van der Waals surface area contributed by atoms with Crippen LogP contribution in [0.15, 0.2) is 18.3 Å². The highest BCUT2D eigenvalue weighted by Crippen LogP contribution is 2.21. The smallest absolute Gasteiger partial charge is 0.128 e. The Morgan fingerprint density at radius 3 is 2.70 bits per heavy atom. The van der Waals surface area contributed by atoms with Crippen molar-refractivity contribution in [1.29, 1.82) is 0 Å². The quantitative estimate of drug-likeness (QED) is 0.897. The third kappa shape index (κ3) is 3.41. The predicted octanol–water partition coefficient (Wildman–Crippen LogP) is 4.14. The van der Waals surface area contributed by atoms with Gasteiger partial charge in [-0.05, 0) is 38.0 Å². The summed E-state index contributed by atoms with van der Waals surface area (Å²) in [6.45, 7) is 6.02. The largest absolute Gasteiger partial charge is 0.304 e. The van der Waals surface area contributed by atoms with Crippen molar-refractivity contribution >= 4 is 11.3 Å². The minimum atomic E-state index is -0.378. The maximum Gasteiger partial charge on any atom is 0.128 e. The van der Waals surface area contributed by atoms with E-state index in [1.807, 2.05) is 13.1 Å². The zero-order valence-electron chi connectivity index (χ0n) is 11.8. The Morgan fingerprint density at radius 1 is 1.30 bits per heavy atom. The van der Waals surface area contributed by atoms with Gasteiger partial charge >= 0.3 is 0 Å². The van der Waals surface area contributed by atoms with Crippen molar-refractivity contribution in [3.8, 4) is 0 Å². The van der Waals surface area contributed by atoms with Gasteiger partial charge in [-0.3, -0.25) is 0 Å². The van der Waals surface area contributed by atoms with E-state index < -0.39 is 0 Å². The van der Waals surface area contributed by atoms with Gasteiger partial charge in [-0.15, -0.1) is 11.3 Å². The van der Waals surface area contributed by atoms with Crippen LogP contribution in [0.25, 0.3) is 0 Å². The molecule has 0 spiro atoms. The molecule has 2 aromatic rings. The fourth-order valence-corrected chi connectivity index (χ4v) is 2.75. The molecular formula is C15H18F2N2S. The van der Waals surface area contributed by atoms with Gasteiger partial charge in [-0.2, -0.15) is 0 Å². The van der Waals surface area contributed by atoms with Crippen LogP contribution in [-0.4, -0.2) is 4.98 Å². The summed E-state index contributed by atoms with van der Waals surface area (Å²) < 4.78 is 27.4. The van der Waals surface area contributed by atoms with Crippen LogP contribution in [0.1, 0.15) is 40.9 Å². The summed E-state index contributed by atoms with van der Waals surface area (Å²) in [5.41, 5.74) is 0.673. The standard InChI is InChI=1S/C15H18F2N2S/c1-4-11-7-19-15(20-11)8-18-10(3)12-6-13(16)9(2)5-14(12)17/h5-7,10,18H,4,8H2,1-3H3. The molecule has 0 bridgehead atoms. The molecule has 0 amide bonds. The second kappa shape index (κ2) is 6.41. The van der Waals surface area contributed by atoms with Crippen LogP contribution in [-0.2, 0) is 13.0 Å². The molecule has 1 heterocycles. The number of nitrogens with one attached hydrogen (secondary N) is 1. The first-order chi connectivity index (χ1) is 9.51. The van der Waals surface area contributed by atoms with E-state index in [4.69, 9.17) is 0 Å². The van der Waals surface area contributed by atoms with E-state index in [0.717, 1.165) is 11.4 Å². The summed E-state index contributed by atoms with van der Waals surface area (Å²) in [5.74, 6) is -0.755. The zero-order chi connectivity index (χ0) is 14.7. The lowest BCUT2D eigenvalue weighted by molar-refractivity contribution is 0.516. The molecule has 5 heteroatoms.